The van der Waals surface area contributed by atoms with Crippen molar-refractivity contribution in [2.75, 3.05) is 18.5 Å². The quantitative estimate of drug-likeness (QED) is 0.897. The van der Waals surface area contributed by atoms with Gasteiger partial charge in [-0.05, 0) is 36.5 Å². The van der Waals surface area contributed by atoms with Gasteiger partial charge in [0.1, 0.15) is 0 Å². The van der Waals surface area contributed by atoms with Gasteiger partial charge in [-0.25, -0.2) is 0 Å². The Balaban J connectivity index is 1.91. The number of hydrogen-bond donors (Lipinski definition) is 1. The first-order valence-electron chi connectivity index (χ1n) is 7.59. The predicted octanol–water partition coefficient (Wildman–Crippen LogP) is 3.19. The third-order valence-electron chi connectivity index (χ3n) is 5.04. The number of fused-ring (bicyclic) bond motifs is 1. The first-order valence-corrected chi connectivity index (χ1v) is 7.59. The molecule has 20 heavy (non-hydrogen) atoms. The van der Waals surface area contributed by atoms with Crippen molar-refractivity contribution >= 4 is 5.69 Å². The fraction of sp³-hybridized carbons (Fsp3) is 0.588. The van der Waals surface area contributed by atoms with Crippen molar-refractivity contribution in [1.29, 1.82) is 5.26 Å². The van der Waals surface area contributed by atoms with Gasteiger partial charge in [-0.1, -0.05) is 31.4 Å². The molecule has 1 aromatic carbocycles. The molecule has 1 N–H and O–H groups in total. The second-order valence-corrected chi connectivity index (χ2v) is 6.29. The van der Waals surface area contributed by atoms with E-state index >= 15 is 0 Å². The van der Waals surface area contributed by atoms with E-state index in [2.05, 4.69) is 30.1 Å². The lowest BCUT2D eigenvalue weighted by molar-refractivity contribution is 0.0359. The summed E-state index contributed by atoms with van der Waals surface area (Å²) >= 11 is 0. The SMILES string of the molecule is CN1CCc2cc(C(O)C3(C#N)CCCCC3)ccc21. The van der Waals surface area contributed by atoms with E-state index in [0.717, 1.165) is 44.2 Å². The monoisotopic (exact) mass is 270 g/mol. The molecule has 1 saturated carbocycles. The number of nitrogens with zero attached hydrogens (tertiary/aromatic N) is 2. The zero-order valence-corrected chi connectivity index (χ0v) is 12.1. The van der Waals surface area contributed by atoms with Gasteiger partial charge in [0.05, 0.1) is 17.6 Å². The highest BCUT2D eigenvalue weighted by molar-refractivity contribution is 5.58. The maximum absolute atomic E-state index is 10.8. The fourth-order valence-electron chi connectivity index (χ4n) is 3.70. The van der Waals surface area contributed by atoms with Crippen LogP contribution in [0, 0.1) is 16.7 Å². The van der Waals surface area contributed by atoms with Gasteiger partial charge in [0.15, 0.2) is 0 Å². The van der Waals surface area contributed by atoms with E-state index in [1.807, 2.05) is 6.07 Å². The zero-order valence-electron chi connectivity index (χ0n) is 12.1. The Labute approximate surface area is 120 Å². The van der Waals surface area contributed by atoms with Gasteiger partial charge in [-0.3, -0.25) is 0 Å². The molecule has 3 heteroatoms. The molecule has 106 valence electrons. The van der Waals surface area contributed by atoms with Crippen LogP contribution in [0.4, 0.5) is 5.69 Å². The topological polar surface area (TPSA) is 47.3 Å². The average molecular weight is 270 g/mol. The Morgan fingerprint density at radius 1 is 1.30 bits per heavy atom. The molecule has 0 aromatic heterocycles. The predicted molar refractivity (Wildman–Crippen MR) is 79.5 cm³/mol. The van der Waals surface area contributed by atoms with Gasteiger partial charge in [0, 0.05) is 19.3 Å². The average Bonchev–Trinajstić information content (AvgIpc) is 2.88. The molecule has 2 aliphatic rings. The number of anilines is 1. The summed E-state index contributed by atoms with van der Waals surface area (Å²) in [6.07, 6.45) is 5.32. The van der Waals surface area contributed by atoms with Crippen LogP contribution >= 0.6 is 0 Å². The van der Waals surface area contributed by atoms with E-state index < -0.39 is 11.5 Å². The molecule has 3 rings (SSSR count). The third kappa shape index (κ3) is 2.09. The van der Waals surface area contributed by atoms with Crippen molar-refractivity contribution in [2.45, 2.75) is 44.6 Å². The summed E-state index contributed by atoms with van der Waals surface area (Å²) in [6.45, 7) is 1.04. The maximum atomic E-state index is 10.8. The number of rotatable bonds is 2. The third-order valence-corrected chi connectivity index (χ3v) is 5.04. The molecule has 0 spiro atoms. The second-order valence-electron chi connectivity index (χ2n) is 6.29. The van der Waals surface area contributed by atoms with E-state index in [1.54, 1.807) is 0 Å². The van der Waals surface area contributed by atoms with Crippen molar-refractivity contribution in [1.82, 2.24) is 0 Å². The normalized spacial score (nSPS) is 22.1. The van der Waals surface area contributed by atoms with Crippen molar-refractivity contribution in [3.63, 3.8) is 0 Å². The summed E-state index contributed by atoms with van der Waals surface area (Å²) in [5.74, 6) is 0. The molecule has 1 aliphatic heterocycles. The molecule has 1 fully saturated rings. The van der Waals surface area contributed by atoms with E-state index in [-0.39, 0.29) is 0 Å². The molecule has 0 radical (unpaired) electrons. The molecule has 1 aromatic rings. The minimum atomic E-state index is -0.649. The molecule has 1 unspecified atom stereocenters. The van der Waals surface area contributed by atoms with Gasteiger partial charge in [0.25, 0.3) is 0 Å². The lowest BCUT2D eigenvalue weighted by Gasteiger charge is -2.35. The number of aliphatic hydroxyl groups is 1. The van der Waals surface area contributed by atoms with Crippen LogP contribution in [-0.2, 0) is 6.42 Å². The molecular weight excluding hydrogens is 248 g/mol. The van der Waals surface area contributed by atoms with Gasteiger partial charge < -0.3 is 10.0 Å². The summed E-state index contributed by atoms with van der Waals surface area (Å²) in [5.41, 5.74) is 2.91. The molecule has 1 atom stereocenters. The number of benzene rings is 1. The van der Waals surface area contributed by atoms with Crippen molar-refractivity contribution in [3.05, 3.63) is 29.3 Å². The number of hydrogen-bond acceptors (Lipinski definition) is 3. The lowest BCUT2D eigenvalue weighted by atomic mass is 9.69. The summed E-state index contributed by atoms with van der Waals surface area (Å²) in [7, 11) is 2.10. The van der Waals surface area contributed by atoms with Crippen LogP contribution in [0.25, 0.3) is 0 Å². The van der Waals surface area contributed by atoms with Gasteiger partial charge >= 0.3 is 0 Å². The minimum absolute atomic E-state index is 0.572. The molecule has 0 saturated heterocycles. The Kier molecular flexibility index (Phi) is 3.43. The molecule has 1 heterocycles. The van der Waals surface area contributed by atoms with Crippen LogP contribution in [0.15, 0.2) is 18.2 Å². The smallest absolute Gasteiger partial charge is 0.0976 e. The summed E-state index contributed by atoms with van der Waals surface area (Å²) in [5, 5.41) is 20.3. The van der Waals surface area contributed by atoms with Crippen molar-refractivity contribution in [3.8, 4) is 6.07 Å². The lowest BCUT2D eigenvalue weighted by Crippen LogP contribution is -2.30. The van der Waals surface area contributed by atoms with Crippen molar-refractivity contribution in [2.24, 2.45) is 5.41 Å². The Morgan fingerprint density at radius 3 is 2.75 bits per heavy atom. The largest absolute Gasteiger partial charge is 0.387 e. The van der Waals surface area contributed by atoms with E-state index in [0.29, 0.717) is 0 Å². The van der Waals surface area contributed by atoms with E-state index in [9.17, 15) is 10.4 Å². The number of likely N-dealkylation sites (N-methyl/N-ethyl adjacent to an activating group) is 1. The fourth-order valence-corrected chi connectivity index (χ4v) is 3.70. The van der Waals surface area contributed by atoms with Crippen LogP contribution in [0.5, 0.6) is 0 Å². The van der Waals surface area contributed by atoms with Crippen LogP contribution in [0.1, 0.15) is 49.3 Å². The summed E-state index contributed by atoms with van der Waals surface area (Å²) < 4.78 is 0. The molecule has 0 amide bonds. The second kappa shape index (κ2) is 5.10. The minimum Gasteiger partial charge on any atom is -0.387 e. The van der Waals surface area contributed by atoms with Crippen LogP contribution in [0.3, 0.4) is 0 Å². The standard InChI is InChI=1S/C17H22N2O/c1-19-10-7-13-11-14(5-6-15(13)19)16(20)17(12-18)8-3-2-4-9-17/h5-6,11,16,20H,2-4,7-10H2,1H3. The highest BCUT2D eigenvalue weighted by atomic mass is 16.3. The first-order chi connectivity index (χ1) is 9.66. The molecular formula is C17H22N2O. The van der Waals surface area contributed by atoms with Crippen LogP contribution < -0.4 is 4.90 Å². The Bertz CT molecular complexity index is 540. The number of aliphatic hydroxyl groups excluding tert-OH is 1. The zero-order chi connectivity index (χ0) is 14.2. The summed E-state index contributed by atoms with van der Waals surface area (Å²) in [4.78, 5) is 2.24. The maximum Gasteiger partial charge on any atom is 0.0976 e. The summed E-state index contributed by atoms with van der Waals surface area (Å²) in [6, 6.07) is 8.63. The molecule has 3 nitrogen and oxygen atoms in total. The number of nitriles is 1. The van der Waals surface area contributed by atoms with Gasteiger partial charge in [0.2, 0.25) is 0 Å². The van der Waals surface area contributed by atoms with E-state index in [4.69, 9.17) is 0 Å². The molecule has 1 aliphatic carbocycles. The van der Waals surface area contributed by atoms with Crippen molar-refractivity contribution < 1.29 is 5.11 Å². The van der Waals surface area contributed by atoms with Crippen LogP contribution in [-0.4, -0.2) is 18.7 Å². The first kappa shape index (κ1) is 13.5. The highest BCUT2D eigenvalue weighted by Gasteiger charge is 2.40. The highest BCUT2D eigenvalue weighted by Crippen LogP contribution is 2.46. The van der Waals surface area contributed by atoms with Gasteiger partial charge in [-0.2, -0.15) is 5.26 Å². The van der Waals surface area contributed by atoms with E-state index in [1.165, 1.54) is 17.7 Å². The van der Waals surface area contributed by atoms with Gasteiger partial charge in [-0.15, -0.1) is 0 Å². The Morgan fingerprint density at radius 2 is 2.05 bits per heavy atom. The van der Waals surface area contributed by atoms with Crippen LogP contribution in [0.2, 0.25) is 0 Å². The molecule has 0 bridgehead atoms. The Hall–Kier alpha value is -1.53.